The molecule has 0 spiro atoms. The molecule has 2 heterocycles. The highest BCUT2D eigenvalue weighted by atomic mass is 16.5. The maximum absolute atomic E-state index is 6.20. The Kier molecular flexibility index (Phi) is 3.08. The van der Waals surface area contributed by atoms with Crippen molar-refractivity contribution in [2.24, 2.45) is 0 Å². The van der Waals surface area contributed by atoms with Crippen LogP contribution in [0, 0.1) is 0 Å². The van der Waals surface area contributed by atoms with E-state index in [9.17, 15) is 0 Å². The van der Waals surface area contributed by atoms with Crippen LogP contribution < -0.4 is 9.47 Å². The van der Waals surface area contributed by atoms with E-state index in [0.717, 1.165) is 24.3 Å². The molecule has 3 aromatic rings. The average molecular weight is 314 g/mol. The molecular formula is C22H18O2. The molecule has 2 heteroatoms. The molecule has 3 aromatic carbocycles. The minimum Gasteiger partial charge on any atom is -0.485 e. The topological polar surface area (TPSA) is 18.5 Å². The number of ether oxygens (including phenoxy) is 2. The number of hydrogen-bond donors (Lipinski definition) is 0. The number of fused-ring (bicyclic) bond motifs is 2. The molecule has 0 N–H and O–H groups in total. The normalized spacial score (nSPS) is 20.8. The number of rotatable bonds is 2. The van der Waals surface area contributed by atoms with Crippen LogP contribution in [0.3, 0.4) is 0 Å². The van der Waals surface area contributed by atoms with Gasteiger partial charge in [-0.1, -0.05) is 60.7 Å². The van der Waals surface area contributed by atoms with Crippen molar-refractivity contribution in [2.45, 2.75) is 25.0 Å². The van der Waals surface area contributed by atoms with Gasteiger partial charge in [-0.15, -0.1) is 0 Å². The maximum Gasteiger partial charge on any atom is 0.128 e. The van der Waals surface area contributed by atoms with Gasteiger partial charge < -0.3 is 9.47 Å². The van der Waals surface area contributed by atoms with Crippen LogP contribution in [0.5, 0.6) is 11.5 Å². The summed E-state index contributed by atoms with van der Waals surface area (Å²) in [6, 6.07) is 25.2. The molecule has 5 rings (SSSR count). The van der Waals surface area contributed by atoms with Crippen LogP contribution in [0.1, 0.15) is 34.5 Å². The summed E-state index contributed by atoms with van der Waals surface area (Å²) in [5, 5.41) is 0. The predicted molar refractivity (Wildman–Crippen MR) is 93.5 cm³/mol. The highest BCUT2D eigenvalue weighted by molar-refractivity contribution is 5.52. The molecule has 0 fully saturated rings. The number of benzene rings is 3. The van der Waals surface area contributed by atoms with Gasteiger partial charge in [0, 0.05) is 24.0 Å². The lowest BCUT2D eigenvalue weighted by Crippen LogP contribution is -2.03. The van der Waals surface area contributed by atoms with Crippen LogP contribution in [0.15, 0.2) is 72.8 Å². The molecule has 2 unspecified atom stereocenters. The molecule has 2 nitrogen and oxygen atoms in total. The fraction of sp³-hybridized carbons (Fsp3) is 0.182. The Labute approximate surface area is 141 Å². The molecule has 0 aromatic heterocycles. The summed E-state index contributed by atoms with van der Waals surface area (Å²) in [5.74, 6) is 2.03. The van der Waals surface area contributed by atoms with Crippen molar-refractivity contribution in [1.29, 1.82) is 0 Å². The van der Waals surface area contributed by atoms with E-state index in [4.69, 9.17) is 9.47 Å². The Balaban J connectivity index is 1.41. The Bertz CT molecular complexity index is 765. The lowest BCUT2D eigenvalue weighted by atomic mass is 10.0. The first-order valence-corrected chi connectivity index (χ1v) is 8.46. The third kappa shape index (κ3) is 2.26. The van der Waals surface area contributed by atoms with Gasteiger partial charge in [0.25, 0.3) is 0 Å². The van der Waals surface area contributed by atoms with Crippen molar-refractivity contribution in [3.8, 4) is 11.5 Å². The Morgan fingerprint density at radius 1 is 0.583 bits per heavy atom. The van der Waals surface area contributed by atoms with Crippen LogP contribution in [-0.2, 0) is 12.8 Å². The highest BCUT2D eigenvalue weighted by Crippen LogP contribution is 2.45. The van der Waals surface area contributed by atoms with Crippen LogP contribution in [0.4, 0.5) is 0 Å². The van der Waals surface area contributed by atoms with E-state index in [1.54, 1.807) is 0 Å². The van der Waals surface area contributed by atoms with Gasteiger partial charge in [0.15, 0.2) is 0 Å². The van der Waals surface area contributed by atoms with Crippen molar-refractivity contribution in [2.75, 3.05) is 0 Å². The van der Waals surface area contributed by atoms with Crippen molar-refractivity contribution in [3.63, 3.8) is 0 Å². The largest absolute Gasteiger partial charge is 0.485 e. The standard InChI is InChI=1S/C22H18O2/c1-3-7-15(8-4-1)19-11-17-13-22-18(14-21(17)23-19)12-20(24-22)16-9-5-2-6-10-16/h1-10,13-14,19-20H,11-12H2. The van der Waals surface area contributed by atoms with E-state index in [1.807, 2.05) is 12.1 Å². The van der Waals surface area contributed by atoms with Crippen molar-refractivity contribution < 1.29 is 9.47 Å². The molecular weight excluding hydrogens is 296 g/mol. The zero-order chi connectivity index (χ0) is 15.9. The smallest absolute Gasteiger partial charge is 0.128 e. The summed E-state index contributed by atoms with van der Waals surface area (Å²) in [6.45, 7) is 0. The third-order valence-electron chi connectivity index (χ3n) is 4.94. The molecule has 118 valence electrons. The minimum absolute atomic E-state index is 0.119. The highest BCUT2D eigenvalue weighted by Gasteiger charge is 2.30. The van der Waals surface area contributed by atoms with E-state index in [0.29, 0.717) is 0 Å². The van der Waals surface area contributed by atoms with E-state index in [2.05, 4.69) is 60.7 Å². The van der Waals surface area contributed by atoms with Crippen LogP contribution >= 0.6 is 0 Å². The van der Waals surface area contributed by atoms with Crippen LogP contribution in [0.2, 0.25) is 0 Å². The molecule has 0 radical (unpaired) electrons. The molecule has 2 aliphatic heterocycles. The van der Waals surface area contributed by atoms with Gasteiger partial charge in [0.2, 0.25) is 0 Å². The van der Waals surface area contributed by atoms with Gasteiger partial charge >= 0.3 is 0 Å². The monoisotopic (exact) mass is 314 g/mol. The van der Waals surface area contributed by atoms with Gasteiger partial charge in [0.1, 0.15) is 23.7 Å². The quantitative estimate of drug-likeness (QED) is 0.660. The molecule has 0 aliphatic carbocycles. The lowest BCUT2D eigenvalue weighted by Gasteiger charge is -2.10. The van der Waals surface area contributed by atoms with E-state index >= 15 is 0 Å². The summed E-state index contributed by atoms with van der Waals surface area (Å²) in [7, 11) is 0. The molecule has 0 amide bonds. The Morgan fingerprint density at radius 2 is 1.00 bits per heavy atom. The first-order chi connectivity index (χ1) is 11.9. The summed E-state index contributed by atoms with van der Waals surface area (Å²) in [5.41, 5.74) is 4.96. The molecule has 2 aliphatic rings. The average Bonchev–Trinajstić information content (AvgIpc) is 3.24. The predicted octanol–water partition coefficient (Wildman–Crippen LogP) is 5.04. The third-order valence-corrected chi connectivity index (χ3v) is 4.94. The van der Waals surface area contributed by atoms with Crippen LogP contribution in [0.25, 0.3) is 0 Å². The first kappa shape index (κ1) is 13.7. The van der Waals surface area contributed by atoms with E-state index in [-0.39, 0.29) is 12.2 Å². The van der Waals surface area contributed by atoms with Crippen molar-refractivity contribution in [3.05, 3.63) is 95.1 Å². The molecule has 0 bridgehead atoms. The summed E-state index contributed by atoms with van der Waals surface area (Å²) >= 11 is 0. The molecule has 0 saturated carbocycles. The summed E-state index contributed by atoms with van der Waals surface area (Å²) in [4.78, 5) is 0. The van der Waals surface area contributed by atoms with Crippen molar-refractivity contribution in [1.82, 2.24) is 0 Å². The summed E-state index contributed by atoms with van der Waals surface area (Å²) < 4.78 is 12.4. The van der Waals surface area contributed by atoms with Gasteiger partial charge in [-0.25, -0.2) is 0 Å². The van der Waals surface area contributed by atoms with Gasteiger partial charge in [-0.05, 0) is 23.3 Å². The fourth-order valence-electron chi connectivity index (χ4n) is 3.68. The van der Waals surface area contributed by atoms with Gasteiger partial charge in [-0.3, -0.25) is 0 Å². The van der Waals surface area contributed by atoms with Crippen LogP contribution in [-0.4, -0.2) is 0 Å². The minimum atomic E-state index is 0.119. The zero-order valence-corrected chi connectivity index (χ0v) is 13.3. The maximum atomic E-state index is 6.20. The zero-order valence-electron chi connectivity index (χ0n) is 13.3. The molecule has 24 heavy (non-hydrogen) atoms. The first-order valence-electron chi connectivity index (χ1n) is 8.46. The van der Waals surface area contributed by atoms with E-state index < -0.39 is 0 Å². The second-order valence-corrected chi connectivity index (χ2v) is 6.51. The fourth-order valence-corrected chi connectivity index (χ4v) is 3.68. The second-order valence-electron chi connectivity index (χ2n) is 6.51. The van der Waals surface area contributed by atoms with Gasteiger partial charge in [0.05, 0.1) is 0 Å². The van der Waals surface area contributed by atoms with Gasteiger partial charge in [-0.2, -0.15) is 0 Å². The summed E-state index contributed by atoms with van der Waals surface area (Å²) in [6.07, 6.45) is 2.06. The SMILES string of the molecule is c1ccc(C2Cc3cc4c(cc3O2)CC(c2ccccc2)O4)cc1. The second kappa shape index (κ2) is 5.41. The van der Waals surface area contributed by atoms with Crippen molar-refractivity contribution >= 4 is 0 Å². The Morgan fingerprint density at radius 3 is 1.42 bits per heavy atom. The molecule has 2 atom stereocenters. The van der Waals surface area contributed by atoms with E-state index in [1.165, 1.54) is 22.3 Å². The Hall–Kier alpha value is -2.74. The molecule has 0 saturated heterocycles. The lowest BCUT2D eigenvalue weighted by molar-refractivity contribution is 0.237. The number of hydrogen-bond acceptors (Lipinski definition) is 2.